The molecular weight excluding hydrogens is 294 g/mol. The smallest absolute Gasteiger partial charge is 0.147 e. The highest BCUT2D eigenvalue weighted by Gasteiger charge is 2.01. The van der Waals surface area contributed by atoms with Gasteiger partial charge in [-0.05, 0) is 34.0 Å². The number of hydrogen-bond donors (Lipinski definition) is 0. The molecule has 0 spiro atoms. The van der Waals surface area contributed by atoms with Crippen LogP contribution in [0.2, 0.25) is 0 Å². The largest absolute Gasteiger partial charge is 0.377 e. The second-order valence-corrected chi connectivity index (χ2v) is 6.72. The lowest BCUT2D eigenvalue weighted by molar-refractivity contribution is 0.121. The van der Waals surface area contributed by atoms with Crippen LogP contribution >= 0.6 is 15.9 Å². The number of nitrogens with zero attached hydrogens (tertiary/aromatic N) is 1. The minimum atomic E-state index is -2.88. The van der Waals surface area contributed by atoms with Crippen LogP contribution in [0, 0.1) is 0 Å². The first-order valence-corrected chi connectivity index (χ1v) is 7.67. The van der Waals surface area contributed by atoms with Crippen LogP contribution in [0.5, 0.6) is 0 Å². The Kier molecular flexibility index (Phi) is 5.37. The zero-order valence-corrected chi connectivity index (χ0v) is 11.4. The molecule has 4 nitrogen and oxygen atoms in total. The quantitative estimate of drug-likeness (QED) is 0.752. The van der Waals surface area contributed by atoms with Crippen molar-refractivity contribution in [2.45, 2.75) is 13.0 Å². The predicted octanol–water partition coefficient (Wildman–Crippen LogP) is 1.80. The normalized spacial score (nSPS) is 11.6. The van der Waals surface area contributed by atoms with E-state index in [1.165, 1.54) is 6.26 Å². The molecule has 90 valence electrons. The number of halogens is 1. The highest BCUT2D eigenvalue weighted by molar-refractivity contribution is 9.10. The maximum absolute atomic E-state index is 10.8. The maximum atomic E-state index is 10.8. The number of aromatic nitrogens is 1. The summed E-state index contributed by atoms with van der Waals surface area (Å²) in [6, 6.07) is 1.92. The number of rotatable bonds is 6. The molecule has 0 atom stereocenters. The lowest BCUT2D eigenvalue weighted by Crippen LogP contribution is -2.06. The Labute approximate surface area is 104 Å². The van der Waals surface area contributed by atoms with Crippen molar-refractivity contribution in [2.75, 3.05) is 18.6 Å². The second-order valence-electron chi connectivity index (χ2n) is 3.55. The van der Waals surface area contributed by atoms with Crippen molar-refractivity contribution in [3.63, 3.8) is 0 Å². The van der Waals surface area contributed by atoms with E-state index in [9.17, 15) is 8.42 Å². The molecular formula is C10H14BrNO3S. The van der Waals surface area contributed by atoms with Gasteiger partial charge in [0.25, 0.3) is 0 Å². The van der Waals surface area contributed by atoms with Crippen LogP contribution in [-0.2, 0) is 21.2 Å². The topological polar surface area (TPSA) is 56.3 Å². The minimum Gasteiger partial charge on any atom is -0.377 e. The molecule has 1 aromatic rings. The van der Waals surface area contributed by atoms with Gasteiger partial charge in [0, 0.05) is 29.7 Å². The summed E-state index contributed by atoms with van der Waals surface area (Å²) in [4.78, 5) is 4.00. The van der Waals surface area contributed by atoms with Gasteiger partial charge < -0.3 is 4.74 Å². The Morgan fingerprint density at radius 1 is 1.44 bits per heavy atom. The third kappa shape index (κ3) is 6.19. The van der Waals surface area contributed by atoms with Gasteiger partial charge in [-0.25, -0.2) is 8.42 Å². The Morgan fingerprint density at radius 2 is 2.19 bits per heavy atom. The Bertz CT molecular complexity index is 433. The molecule has 1 rings (SSSR count). The van der Waals surface area contributed by atoms with E-state index in [2.05, 4.69) is 20.9 Å². The summed E-state index contributed by atoms with van der Waals surface area (Å²) in [5.74, 6) is 0.170. The van der Waals surface area contributed by atoms with Crippen LogP contribution in [0.1, 0.15) is 12.0 Å². The van der Waals surface area contributed by atoms with Crippen molar-refractivity contribution in [2.24, 2.45) is 0 Å². The highest BCUT2D eigenvalue weighted by Crippen LogP contribution is 2.10. The first-order valence-electron chi connectivity index (χ1n) is 4.82. The van der Waals surface area contributed by atoms with Crippen LogP contribution in [0.15, 0.2) is 22.9 Å². The minimum absolute atomic E-state index is 0.170. The summed E-state index contributed by atoms with van der Waals surface area (Å²) in [6.07, 6.45) is 5.18. The molecule has 0 amide bonds. The van der Waals surface area contributed by atoms with Crippen LogP contribution in [-0.4, -0.2) is 32.0 Å². The van der Waals surface area contributed by atoms with Gasteiger partial charge in [-0.3, -0.25) is 4.98 Å². The standard InChI is InChI=1S/C10H14BrNO3S/c1-16(13,14)4-2-3-15-8-9-5-10(11)7-12-6-9/h5-7H,2-4,8H2,1H3. The zero-order valence-electron chi connectivity index (χ0n) is 9.02. The SMILES string of the molecule is CS(=O)(=O)CCCOCc1cncc(Br)c1. The average Bonchev–Trinajstić information content (AvgIpc) is 2.15. The molecule has 1 aromatic heterocycles. The molecule has 0 aliphatic rings. The number of ether oxygens (including phenoxy) is 1. The van der Waals surface area contributed by atoms with Gasteiger partial charge in [-0.2, -0.15) is 0 Å². The lowest BCUT2D eigenvalue weighted by Gasteiger charge is -2.03. The predicted molar refractivity (Wildman–Crippen MR) is 65.9 cm³/mol. The van der Waals surface area contributed by atoms with Gasteiger partial charge in [0.15, 0.2) is 0 Å². The number of hydrogen-bond acceptors (Lipinski definition) is 4. The van der Waals surface area contributed by atoms with Crippen molar-refractivity contribution >= 4 is 25.8 Å². The molecule has 0 saturated heterocycles. The summed E-state index contributed by atoms with van der Waals surface area (Å²) in [5.41, 5.74) is 0.966. The zero-order chi connectivity index (χ0) is 12.0. The van der Waals surface area contributed by atoms with E-state index in [1.807, 2.05) is 6.07 Å². The van der Waals surface area contributed by atoms with E-state index in [0.29, 0.717) is 19.6 Å². The summed E-state index contributed by atoms with van der Waals surface area (Å²) < 4.78 is 27.9. The molecule has 0 fully saturated rings. The van der Waals surface area contributed by atoms with E-state index in [-0.39, 0.29) is 5.75 Å². The number of pyridine rings is 1. The lowest BCUT2D eigenvalue weighted by atomic mass is 10.3. The number of sulfone groups is 1. The van der Waals surface area contributed by atoms with Crippen molar-refractivity contribution in [3.05, 3.63) is 28.5 Å². The molecule has 0 bridgehead atoms. The molecule has 0 aliphatic carbocycles. The Balaban J connectivity index is 2.21. The fourth-order valence-electron chi connectivity index (χ4n) is 1.15. The van der Waals surface area contributed by atoms with Gasteiger partial charge in [-0.1, -0.05) is 0 Å². The molecule has 0 aromatic carbocycles. The molecule has 0 radical (unpaired) electrons. The van der Waals surface area contributed by atoms with Gasteiger partial charge in [0.05, 0.1) is 12.4 Å². The first-order chi connectivity index (χ1) is 7.47. The third-order valence-electron chi connectivity index (χ3n) is 1.83. The monoisotopic (exact) mass is 307 g/mol. The maximum Gasteiger partial charge on any atom is 0.147 e. The van der Waals surface area contributed by atoms with Crippen molar-refractivity contribution in [3.8, 4) is 0 Å². The highest BCUT2D eigenvalue weighted by atomic mass is 79.9. The molecule has 1 heterocycles. The van der Waals surface area contributed by atoms with E-state index >= 15 is 0 Å². The average molecular weight is 308 g/mol. The summed E-state index contributed by atoms with van der Waals surface area (Å²) >= 11 is 3.31. The fourth-order valence-corrected chi connectivity index (χ4v) is 2.20. The van der Waals surface area contributed by atoms with Crippen molar-refractivity contribution in [1.29, 1.82) is 0 Å². The summed E-state index contributed by atoms with van der Waals surface area (Å²) in [7, 11) is -2.88. The van der Waals surface area contributed by atoms with Crippen LogP contribution in [0.4, 0.5) is 0 Å². The molecule has 0 aliphatic heterocycles. The Morgan fingerprint density at radius 3 is 2.81 bits per heavy atom. The van der Waals surface area contributed by atoms with Gasteiger partial charge in [0.1, 0.15) is 9.84 Å². The van der Waals surface area contributed by atoms with Gasteiger partial charge >= 0.3 is 0 Å². The summed E-state index contributed by atoms with van der Waals surface area (Å²) in [6.45, 7) is 0.899. The van der Waals surface area contributed by atoms with E-state index in [1.54, 1.807) is 12.4 Å². The van der Waals surface area contributed by atoms with Crippen LogP contribution in [0.25, 0.3) is 0 Å². The summed E-state index contributed by atoms with van der Waals surface area (Å²) in [5, 5.41) is 0. The van der Waals surface area contributed by atoms with Crippen LogP contribution < -0.4 is 0 Å². The van der Waals surface area contributed by atoms with Gasteiger partial charge in [0.2, 0.25) is 0 Å². The first kappa shape index (κ1) is 13.6. The van der Waals surface area contributed by atoms with E-state index < -0.39 is 9.84 Å². The molecule has 0 unspecified atom stereocenters. The van der Waals surface area contributed by atoms with Crippen molar-refractivity contribution < 1.29 is 13.2 Å². The van der Waals surface area contributed by atoms with Crippen molar-refractivity contribution in [1.82, 2.24) is 4.98 Å². The van der Waals surface area contributed by atoms with E-state index in [0.717, 1.165) is 10.0 Å². The van der Waals surface area contributed by atoms with Crippen LogP contribution in [0.3, 0.4) is 0 Å². The molecule has 0 saturated carbocycles. The third-order valence-corrected chi connectivity index (χ3v) is 3.30. The second kappa shape index (κ2) is 6.32. The van der Waals surface area contributed by atoms with Gasteiger partial charge in [-0.15, -0.1) is 0 Å². The fraction of sp³-hybridized carbons (Fsp3) is 0.500. The molecule has 16 heavy (non-hydrogen) atoms. The molecule has 0 N–H and O–H groups in total. The van der Waals surface area contributed by atoms with E-state index in [4.69, 9.17) is 4.74 Å². The molecule has 6 heteroatoms. The Hall–Kier alpha value is -0.460.